The maximum atomic E-state index is 12.4. The summed E-state index contributed by atoms with van der Waals surface area (Å²) in [6.07, 6.45) is 0. The van der Waals surface area contributed by atoms with Crippen LogP contribution in [0.3, 0.4) is 0 Å². The molecule has 0 aromatic heterocycles. The Morgan fingerprint density at radius 1 is 1.11 bits per heavy atom. The van der Waals surface area contributed by atoms with Crippen molar-refractivity contribution in [2.75, 3.05) is 17.2 Å². The first-order chi connectivity index (χ1) is 12.7. The Balaban J connectivity index is 1.74. The zero-order valence-electron chi connectivity index (χ0n) is 14.1. The van der Waals surface area contributed by atoms with Crippen molar-refractivity contribution in [1.82, 2.24) is 4.72 Å². The van der Waals surface area contributed by atoms with Crippen molar-refractivity contribution in [1.29, 1.82) is 0 Å². The molecule has 0 saturated carbocycles. The largest absolute Gasteiger partial charge is 0.482 e. The van der Waals surface area contributed by atoms with E-state index < -0.39 is 21.8 Å². The number of benzene rings is 2. The van der Waals surface area contributed by atoms with Crippen molar-refractivity contribution in [2.45, 2.75) is 11.8 Å². The smallest absolute Gasteiger partial charge is 0.264 e. The fourth-order valence-corrected chi connectivity index (χ4v) is 3.38. The van der Waals surface area contributed by atoms with Gasteiger partial charge in [-0.3, -0.25) is 14.4 Å². The van der Waals surface area contributed by atoms with Gasteiger partial charge >= 0.3 is 0 Å². The van der Waals surface area contributed by atoms with Crippen LogP contribution in [0.5, 0.6) is 5.75 Å². The molecule has 2 aromatic carbocycles. The second kappa shape index (κ2) is 7.08. The van der Waals surface area contributed by atoms with Gasteiger partial charge in [-0.15, -0.1) is 0 Å². The predicted molar refractivity (Wildman–Crippen MR) is 96.0 cm³/mol. The second-order valence-electron chi connectivity index (χ2n) is 5.69. The van der Waals surface area contributed by atoms with Crippen LogP contribution in [0, 0.1) is 0 Å². The highest BCUT2D eigenvalue weighted by atomic mass is 32.2. The van der Waals surface area contributed by atoms with Crippen LogP contribution < -0.4 is 20.1 Å². The molecule has 1 heterocycles. The molecule has 0 bridgehead atoms. The molecular formula is C17H15N3O6S. The normalized spacial score (nSPS) is 13.0. The molecule has 3 N–H and O–H groups in total. The van der Waals surface area contributed by atoms with Gasteiger partial charge < -0.3 is 15.4 Å². The molecule has 1 aliphatic rings. The summed E-state index contributed by atoms with van der Waals surface area (Å²) in [5.41, 5.74) is 1.05. The zero-order valence-corrected chi connectivity index (χ0v) is 14.9. The van der Waals surface area contributed by atoms with E-state index in [-0.39, 0.29) is 23.0 Å². The zero-order chi connectivity index (χ0) is 19.6. The highest BCUT2D eigenvalue weighted by Crippen LogP contribution is 2.28. The maximum absolute atomic E-state index is 12.4. The second-order valence-corrected chi connectivity index (χ2v) is 7.37. The first-order valence-electron chi connectivity index (χ1n) is 7.76. The molecule has 0 radical (unpaired) electrons. The van der Waals surface area contributed by atoms with E-state index >= 15 is 0 Å². The average Bonchev–Trinajstić information content (AvgIpc) is 2.60. The van der Waals surface area contributed by atoms with Gasteiger partial charge in [0.2, 0.25) is 5.91 Å². The number of nitrogens with one attached hydrogen (secondary N) is 3. The molecule has 0 saturated heterocycles. The van der Waals surface area contributed by atoms with Crippen LogP contribution in [0.25, 0.3) is 0 Å². The SMILES string of the molecule is CC(=O)NS(=O)(=O)c1ccc(NC(=O)c2ccc3c(c2)NC(=O)CO3)cc1. The first-order valence-corrected chi connectivity index (χ1v) is 9.24. The molecule has 3 amide bonds. The van der Waals surface area contributed by atoms with Crippen LogP contribution in [-0.4, -0.2) is 32.7 Å². The summed E-state index contributed by atoms with van der Waals surface area (Å²) < 4.78 is 30.9. The Kier molecular flexibility index (Phi) is 4.82. The lowest BCUT2D eigenvalue weighted by Crippen LogP contribution is -2.28. The maximum Gasteiger partial charge on any atom is 0.264 e. The topological polar surface area (TPSA) is 131 Å². The van der Waals surface area contributed by atoms with Crippen molar-refractivity contribution in [3.63, 3.8) is 0 Å². The molecule has 0 fully saturated rings. The van der Waals surface area contributed by atoms with Gasteiger partial charge in [0.25, 0.3) is 21.8 Å². The molecule has 0 aliphatic carbocycles. The number of carbonyl (C=O) groups excluding carboxylic acids is 3. The minimum Gasteiger partial charge on any atom is -0.482 e. The Bertz CT molecular complexity index is 1030. The molecule has 3 rings (SSSR count). The van der Waals surface area contributed by atoms with Crippen LogP contribution in [0.15, 0.2) is 47.4 Å². The molecule has 10 heteroatoms. The molecule has 0 spiro atoms. The van der Waals surface area contributed by atoms with Gasteiger partial charge in [-0.05, 0) is 42.5 Å². The lowest BCUT2D eigenvalue weighted by molar-refractivity contribution is -0.119. The minimum absolute atomic E-state index is 0.0771. The molecule has 9 nitrogen and oxygen atoms in total. The summed E-state index contributed by atoms with van der Waals surface area (Å²) in [5, 5.41) is 5.23. The highest BCUT2D eigenvalue weighted by Gasteiger charge is 2.18. The van der Waals surface area contributed by atoms with Crippen LogP contribution in [0.4, 0.5) is 11.4 Å². The highest BCUT2D eigenvalue weighted by molar-refractivity contribution is 7.90. The van der Waals surface area contributed by atoms with Gasteiger partial charge in [-0.1, -0.05) is 0 Å². The van der Waals surface area contributed by atoms with Gasteiger partial charge in [-0.25, -0.2) is 13.1 Å². The first kappa shape index (κ1) is 18.4. The van der Waals surface area contributed by atoms with Crippen molar-refractivity contribution < 1.29 is 27.5 Å². The fraction of sp³-hybridized carbons (Fsp3) is 0.118. The van der Waals surface area contributed by atoms with Crippen molar-refractivity contribution in [3.8, 4) is 5.75 Å². The van der Waals surface area contributed by atoms with Crippen LogP contribution in [0.2, 0.25) is 0 Å². The van der Waals surface area contributed by atoms with Crippen LogP contribution >= 0.6 is 0 Å². The number of fused-ring (bicyclic) bond motifs is 1. The van der Waals surface area contributed by atoms with E-state index in [0.717, 1.165) is 6.92 Å². The van der Waals surface area contributed by atoms with E-state index in [0.29, 0.717) is 17.1 Å². The lowest BCUT2D eigenvalue weighted by Gasteiger charge is -2.18. The fourth-order valence-electron chi connectivity index (χ4n) is 2.39. The van der Waals surface area contributed by atoms with E-state index in [2.05, 4.69) is 10.6 Å². The van der Waals surface area contributed by atoms with Gasteiger partial charge in [0.1, 0.15) is 5.75 Å². The van der Waals surface area contributed by atoms with Crippen molar-refractivity contribution >= 4 is 39.1 Å². The van der Waals surface area contributed by atoms with Gasteiger partial charge in [0.05, 0.1) is 10.6 Å². The number of anilines is 2. The number of carbonyl (C=O) groups is 3. The van der Waals surface area contributed by atoms with Crippen LogP contribution in [0.1, 0.15) is 17.3 Å². The van der Waals surface area contributed by atoms with Crippen molar-refractivity contribution in [2.24, 2.45) is 0 Å². The number of rotatable bonds is 4. The van der Waals surface area contributed by atoms with Crippen LogP contribution in [-0.2, 0) is 19.6 Å². The third-order valence-corrected chi connectivity index (χ3v) is 5.02. The van der Waals surface area contributed by atoms with E-state index in [9.17, 15) is 22.8 Å². The Morgan fingerprint density at radius 3 is 2.48 bits per heavy atom. The van der Waals surface area contributed by atoms with E-state index in [1.165, 1.54) is 30.3 Å². The molecule has 2 aromatic rings. The lowest BCUT2D eigenvalue weighted by atomic mass is 10.1. The summed E-state index contributed by atoms with van der Waals surface area (Å²) in [7, 11) is -3.94. The van der Waals surface area contributed by atoms with Gasteiger partial charge in [0.15, 0.2) is 6.61 Å². The van der Waals surface area contributed by atoms with Crippen molar-refractivity contribution in [3.05, 3.63) is 48.0 Å². The third kappa shape index (κ3) is 4.23. The standard InChI is InChI=1S/C17H15N3O6S/c1-10(21)20-27(24,25)13-5-3-12(4-6-13)18-17(23)11-2-7-15-14(8-11)19-16(22)9-26-15/h2-8H,9H2,1H3,(H,18,23)(H,19,22)(H,20,21). The molecule has 27 heavy (non-hydrogen) atoms. The molecular weight excluding hydrogens is 374 g/mol. The Hall–Kier alpha value is -3.40. The van der Waals surface area contributed by atoms with E-state index in [4.69, 9.17) is 4.74 Å². The number of ether oxygens (including phenoxy) is 1. The summed E-state index contributed by atoms with van der Waals surface area (Å²) >= 11 is 0. The Labute approximate surface area is 154 Å². The molecule has 1 aliphatic heterocycles. The van der Waals surface area contributed by atoms with E-state index in [1.807, 2.05) is 4.72 Å². The summed E-state index contributed by atoms with van der Waals surface area (Å²) in [6.45, 7) is 1.02. The van der Waals surface area contributed by atoms with Gasteiger partial charge in [0, 0.05) is 18.2 Å². The average molecular weight is 389 g/mol. The number of amides is 3. The summed E-state index contributed by atoms with van der Waals surface area (Å²) in [6, 6.07) is 9.93. The number of hydrogen-bond donors (Lipinski definition) is 3. The number of sulfonamides is 1. The van der Waals surface area contributed by atoms with E-state index in [1.54, 1.807) is 12.1 Å². The Morgan fingerprint density at radius 2 is 1.81 bits per heavy atom. The minimum atomic E-state index is -3.94. The van der Waals surface area contributed by atoms with Gasteiger partial charge in [-0.2, -0.15) is 0 Å². The third-order valence-electron chi connectivity index (χ3n) is 3.58. The predicted octanol–water partition coefficient (Wildman–Crippen LogP) is 1.09. The molecule has 140 valence electrons. The monoisotopic (exact) mass is 389 g/mol. The molecule has 0 atom stereocenters. The number of hydrogen-bond acceptors (Lipinski definition) is 6. The summed E-state index contributed by atoms with van der Waals surface area (Å²) in [5.74, 6) is -0.986. The molecule has 0 unspecified atom stereocenters. The quantitative estimate of drug-likeness (QED) is 0.718. The summed E-state index contributed by atoms with van der Waals surface area (Å²) in [4.78, 5) is 34.6.